The van der Waals surface area contributed by atoms with E-state index in [0.717, 1.165) is 72.8 Å². The first-order chi connectivity index (χ1) is 19.8. The van der Waals surface area contributed by atoms with Crippen LogP contribution in [0.3, 0.4) is 0 Å². The lowest BCUT2D eigenvalue weighted by molar-refractivity contribution is -0.0750. The molecule has 11 nitrogen and oxygen atoms in total. The number of aromatic nitrogens is 7. The summed E-state index contributed by atoms with van der Waals surface area (Å²) >= 11 is 0. The predicted octanol–water partition coefficient (Wildman–Crippen LogP) is 3.47. The van der Waals surface area contributed by atoms with Crippen LogP contribution in [0, 0.1) is 5.92 Å². The number of ether oxygens (including phenoxy) is 2. The van der Waals surface area contributed by atoms with Crippen LogP contribution in [0.5, 0.6) is 5.75 Å². The van der Waals surface area contributed by atoms with Crippen molar-refractivity contribution in [3.05, 3.63) is 79.1 Å². The van der Waals surface area contributed by atoms with Gasteiger partial charge in [0.25, 0.3) is 0 Å². The molecule has 0 aliphatic carbocycles. The smallest absolute Gasteiger partial charge is 0.140 e. The molecule has 1 aromatic carbocycles. The summed E-state index contributed by atoms with van der Waals surface area (Å²) in [7, 11) is 0. The molecule has 2 aliphatic rings. The number of nitrogens with zero attached hydrogens (tertiary/aromatic N) is 8. The summed E-state index contributed by atoms with van der Waals surface area (Å²) in [5, 5.41) is 11.3. The van der Waals surface area contributed by atoms with Gasteiger partial charge >= 0.3 is 0 Å². The Labute approximate surface area is 231 Å². The van der Waals surface area contributed by atoms with E-state index in [1.807, 2.05) is 53.3 Å². The van der Waals surface area contributed by atoms with Gasteiger partial charge in [-0.2, -0.15) is 0 Å². The predicted molar refractivity (Wildman–Crippen MR) is 149 cm³/mol. The molecule has 40 heavy (non-hydrogen) atoms. The number of anilines is 1. The average Bonchev–Trinajstić information content (AvgIpc) is 3.66. The van der Waals surface area contributed by atoms with Crippen LogP contribution >= 0.6 is 0 Å². The molecular weight excluding hydrogens is 506 g/mol. The highest BCUT2D eigenvalue weighted by Gasteiger charge is 2.29. The monoisotopic (exact) mass is 537 g/mol. The third-order valence-corrected chi connectivity index (χ3v) is 7.78. The second kappa shape index (κ2) is 11.0. The molecule has 4 aromatic heterocycles. The van der Waals surface area contributed by atoms with Gasteiger partial charge in [0, 0.05) is 24.9 Å². The first-order valence-electron chi connectivity index (χ1n) is 13.7. The molecule has 7 rings (SSSR count). The van der Waals surface area contributed by atoms with Crippen LogP contribution < -0.4 is 10.1 Å². The topological polar surface area (TPSA) is 108 Å². The van der Waals surface area contributed by atoms with E-state index >= 15 is 0 Å². The van der Waals surface area contributed by atoms with Crippen molar-refractivity contribution in [3.8, 4) is 22.8 Å². The molecule has 0 saturated carbocycles. The van der Waals surface area contributed by atoms with Crippen molar-refractivity contribution in [1.82, 2.24) is 39.2 Å². The van der Waals surface area contributed by atoms with Crippen molar-refractivity contribution in [2.45, 2.75) is 25.4 Å². The number of hydrogen-bond acceptors (Lipinski definition) is 9. The zero-order valence-electron chi connectivity index (χ0n) is 22.1. The second-order valence-electron chi connectivity index (χ2n) is 10.4. The number of imidazole rings is 1. The van der Waals surface area contributed by atoms with Crippen LogP contribution in [0.2, 0.25) is 0 Å². The Morgan fingerprint density at radius 3 is 2.62 bits per heavy atom. The van der Waals surface area contributed by atoms with Gasteiger partial charge in [-0.15, -0.1) is 5.10 Å². The normalized spacial score (nSPS) is 16.7. The van der Waals surface area contributed by atoms with Crippen LogP contribution in [-0.4, -0.2) is 78.2 Å². The Kier molecular flexibility index (Phi) is 6.80. The fourth-order valence-electron chi connectivity index (χ4n) is 5.27. The second-order valence-corrected chi connectivity index (χ2v) is 10.4. The van der Waals surface area contributed by atoms with Gasteiger partial charge in [-0.1, -0.05) is 17.3 Å². The van der Waals surface area contributed by atoms with Crippen molar-refractivity contribution in [3.63, 3.8) is 0 Å². The fourth-order valence-corrected chi connectivity index (χ4v) is 5.27. The molecule has 5 aromatic rings. The van der Waals surface area contributed by atoms with Gasteiger partial charge in [-0.25, -0.2) is 19.6 Å². The maximum atomic E-state index is 6.19. The zero-order chi connectivity index (χ0) is 26.7. The lowest BCUT2D eigenvalue weighted by Crippen LogP contribution is -2.52. The SMILES string of the molecule is c1cn(-c2ccc(CNc3cc(-c4cnc5cc(OCC6CCN(C7COC7)CC6)ccn45)ncn3)cc2)nn1. The molecular formula is C29H31N9O2. The molecule has 0 unspecified atom stereocenters. The molecule has 204 valence electrons. The van der Waals surface area contributed by atoms with Crippen molar-refractivity contribution >= 4 is 11.5 Å². The minimum atomic E-state index is 0.586. The molecule has 6 heterocycles. The van der Waals surface area contributed by atoms with E-state index in [2.05, 4.69) is 47.6 Å². The number of piperidine rings is 1. The summed E-state index contributed by atoms with van der Waals surface area (Å²) in [4.78, 5) is 16.1. The standard InChI is InChI=1S/C29H31N9O2/c1-3-23(38-12-8-34-35-38)4-2-21(1)15-30-28-14-26(32-20-33-28)27-16-31-29-13-25(7-11-37(27)29)40-17-22-5-9-36(10-6-22)24-18-39-19-24/h1-4,7-8,11-14,16,20,22,24H,5-6,9-10,15,17-19H2,(H,30,32,33). The molecule has 0 spiro atoms. The first kappa shape index (κ1) is 24.7. The molecule has 2 saturated heterocycles. The molecule has 11 heteroatoms. The van der Waals surface area contributed by atoms with E-state index in [-0.39, 0.29) is 0 Å². The third-order valence-electron chi connectivity index (χ3n) is 7.78. The van der Waals surface area contributed by atoms with E-state index in [1.165, 1.54) is 12.8 Å². The minimum absolute atomic E-state index is 0.586. The van der Waals surface area contributed by atoms with E-state index in [4.69, 9.17) is 9.47 Å². The van der Waals surface area contributed by atoms with Crippen LogP contribution in [0.15, 0.2) is 73.6 Å². The highest BCUT2D eigenvalue weighted by molar-refractivity contribution is 5.63. The maximum absolute atomic E-state index is 6.19. The summed E-state index contributed by atoms with van der Waals surface area (Å²) in [6.07, 6.45) is 11.2. The number of benzene rings is 1. The van der Waals surface area contributed by atoms with Crippen molar-refractivity contribution < 1.29 is 9.47 Å². The molecule has 0 radical (unpaired) electrons. The number of rotatable bonds is 9. The van der Waals surface area contributed by atoms with Crippen LogP contribution in [0.25, 0.3) is 22.7 Å². The number of hydrogen-bond donors (Lipinski definition) is 1. The van der Waals surface area contributed by atoms with Gasteiger partial charge in [0.1, 0.15) is 23.5 Å². The first-order valence-corrected chi connectivity index (χ1v) is 13.7. The number of nitrogens with one attached hydrogen (secondary N) is 1. The molecule has 0 bridgehead atoms. The third kappa shape index (κ3) is 5.25. The number of pyridine rings is 1. The lowest BCUT2D eigenvalue weighted by atomic mass is 9.96. The Bertz CT molecular complexity index is 1560. The van der Waals surface area contributed by atoms with Crippen molar-refractivity contribution in [2.24, 2.45) is 5.92 Å². The van der Waals surface area contributed by atoms with Gasteiger partial charge in [0.05, 0.1) is 61.5 Å². The maximum Gasteiger partial charge on any atom is 0.140 e. The highest BCUT2D eigenvalue weighted by Crippen LogP contribution is 2.26. The lowest BCUT2D eigenvalue weighted by Gasteiger charge is -2.41. The Morgan fingerprint density at radius 1 is 0.975 bits per heavy atom. The van der Waals surface area contributed by atoms with Crippen molar-refractivity contribution in [1.29, 1.82) is 0 Å². The number of likely N-dealkylation sites (tertiary alicyclic amines) is 1. The molecule has 2 aliphatic heterocycles. The Balaban J connectivity index is 0.968. The average molecular weight is 538 g/mol. The van der Waals surface area contributed by atoms with Crippen LogP contribution in [0.1, 0.15) is 18.4 Å². The molecule has 1 N–H and O–H groups in total. The van der Waals surface area contributed by atoms with E-state index in [9.17, 15) is 0 Å². The van der Waals surface area contributed by atoms with E-state index in [1.54, 1.807) is 17.2 Å². The quantitative estimate of drug-likeness (QED) is 0.302. The van der Waals surface area contributed by atoms with Crippen LogP contribution in [-0.2, 0) is 11.3 Å². The highest BCUT2D eigenvalue weighted by atomic mass is 16.5. The summed E-state index contributed by atoms with van der Waals surface area (Å²) < 4.78 is 15.3. The van der Waals surface area contributed by atoms with Gasteiger partial charge in [0.15, 0.2) is 0 Å². The minimum Gasteiger partial charge on any atom is -0.493 e. The fraction of sp³-hybridized carbons (Fsp3) is 0.345. The van der Waals surface area contributed by atoms with E-state index < -0.39 is 0 Å². The Morgan fingerprint density at radius 2 is 1.85 bits per heavy atom. The zero-order valence-corrected chi connectivity index (χ0v) is 22.1. The Hall–Kier alpha value is -4.35. The summed E-state index contributed by atoms with van der Waals surface area (Å²) in [6, 6.07) is 14.7. The largest absolute Gasteiger partial charge is 0.493 e. The van der Waals surface area contributed by atoms with E-state index in [0.29, 0.717) is 18.5 Å². The summed E-state index contributed by atoms with van der Waals surface area (Å²) in [5.74, 6) is 2.18. The van der Waals surface area contributed by atoms with Gasteiger partial charge in [0.2, 0.25) is 0 Å². The van der Waals surface area contributed by atoms with Crippen LogP contribution in [0.4, 0.5) is 5.82 Å². The van der Waals surface area contributed by atoms with Crippen molar-refractivity contribution in [2.75, 3.05) is 38.2 Å². The van der Waals surface area contributed by atoms with Gasteiger partial charge in [-0.3, -0.25) is 9.30 Å². The molecule has 2 fully saturated rings. The van der Waals surface area contributed by atoms with Gasteiger partial charge in [-0.05, 0) is 55.6 Å². The summed E-state index contributed by atoms with van der Waals surface area (Å²) in [6.45, 7) is 5.43. The molecule has 0 atom stereocenters. The molecule has 0 amide bonds. The number of fused-ring (bicyclic) bond motifs is 1. The summed E-state index contributed by atoms with van der Waals surface area (Å²) in [5.41, 5.74) is 4.62. The van der Waals surface area contributed by atoms with Gasteiger partial charge < -0.3 is 14.8 Å².